The second-order valence-electron chi connectivity index (χ2n) is 22.0. The molecule has 3 heterocycles. The largest absolute Gasteiger partial charge is 0.457 e. The normalized spacial score (nSPS) is 13.6. The number of hydrogen-bond donors (Lipinski definition) is 0. The minimum atomic E-state index is -0.0116. The molecule has 0 amide bonds. The number of anilines is 3. The Balaban J connectivity index is 1.04. The maximum absolute atomic E-state index is 6.79. The second kappa shape index (κ2) is 15.7. The zero-order chi connectivity index (χ0) is 45.3. The van der Waals surface area contributed by atoms with Gasteiger partial charge in [-0.3, -0.25) is 4.57 Å². The molecule has 0 unspecified atom stereocenters. The maximum atomic E-state index is 6.79. The van der Waals surface area contributed by atoms with Crippen molar-refractivity contribution in [3.8, 4) is 28.4 Å². The van der Waals surface area contributed by atoms with Gasteiger partial charge >= 0.3 is 0 Å². The molecule has 1 aliphatic heterocycles. The van der Waals surface area contributed by atoms with Crippen molar-refractivity contribution < 1.29 is 4.74 Å². The second-order valence-corrected chi connectivity index (χ2v) is 22.0. The van der Waals surface area contributed by atoms with Crippen molar-refractivity contribution in [2.75, 3.05) is 16.5 Å². The molecule has 5 nitrogen and oxygen atoms in total. The molecule has 0 fully saturated rings. The molecule has 0 spiro atoms. The first-order valence-corrected chi connectivity index (χ1v) is 22.9. The molecule has 0 bridgehead atoms. The van der Waals surface area contributed by atoms with Gasteiger partial charge in [0.2, 0.25) is 0 Å². The zero-order valence-electron chi connectivity index (χ0n) is 40.0. The van der Waals surface area contributed by atoms with E-state index >= 15 is 0 Å². The number of rotatable bonds is 7. The van der Waals surface area contributed by atoms with E-state index in [-0.39, 0.29) is 21.7 Å². The van der Waals surface area contributed by atoms with Crippen LogP contribution in [0.25, 0.3) is 38.8 Å². The van der Waals surface area contributed by atoms with Crippen molar-refractivity contribution >= 4 is 38.9 Å². The summed E-state index contributed by atoms with van der Waals surface area (Å²) in [6.45, 7) is 28.8. The number of benzene rings is 6. The lowest BCUT2D eigenvalue weighted by molar-refractivity contribution is 0.483. The summed E-state index contributed by atoms with van der Waals surface area (Å²) in [6, 6.07) is 51.3. The number of aromatic nitrogens is 2. The highest BCUT2D eigenvalue weighted by Crippen LogP contribution is 2.44. The molecule has 64 heavy (non-hydrogen) atoms. The molecular formula is C59H64N4O. The Hall–Kier alpha value is -6.33. The molecule has 9 rings (SSSR count). The first kappa shape index (κ1) is 42.9. The van der Waals surface area contributed by atoms with E-state index < -0.39 is 0 Å². The summed E-state index contributed by atoms with van der Waals surface area (Å²) >= 11 is 0. The third-order valence-corrected chi connectivity index (χ3v) is 13.0. The van der Waals surface area contributed by atoms with Crippen LogP contribution in [-0.2, 0) is 28.2 Å². The topological polar surface area (TPSA) is 33.5 Å². The molecule has 5 heteroatoms. The summed E-state index contributed by atoms with van der Waals surface area (Å²) < 4.78 is 9.09. The van der Waals surface area contributed by atoms with Crippen LogP contribution in [-0.4, -0.2) is 16.2 Å². The lowest BCUT2D eigenvalue weighted by Crippen LogP contribution is -2.27. The SMILES string of the molecule is CC(C)(C)c1ccc(-c2cc(CN3CN(c4cccc(Oc5ccc6c7cc(C(C)(C)C)ccc7n(-c7cc(C(C)(C)C)ccn7)c6c5)c4)c4ccccc43)cc(C(C)(C)C)c2)cc1. The van der Waals surface area contributed by atoms with Crippen molar-refractivity contribution in [1.82, 2.24) is 9.55 Å². The standard InChI is InChI=1S/C59H64N4O/c1-56(2,3)42-22-20-40(21-23-42)41-30-39(31-45(32-41)59(10,11)12)37-61-38-62(53-19-14-13-18-52(53)61)46-16-15-17-47(35-46)64-48-25-26-49-50-33-43(57(4,5)6)24-27-51(50)63(54(49)36-48)55-34-44(28-29-60-55)58(7,8)9/h13-36H,37-38H2,1-12H3. The first-order chi connectivity index (χ1) is 30.2. The van der Waals surface area contributed by atoms with Crippen molar-refractivity contribution in [2.45, 2.75) is 111 Å². The van der Waals surface area contributed by atoms with Crippen LogP contribution in [0.1, 0.15) is 111 Å². The van der Waals surface area contributed by atoms with Crippen molar-refractivity contribution in [2.24, 2.45) is 0 Å². The van der Waals surface area contributed by atoms with Gasteiger partial charge in [0, 0.05) is 41.3 Å². The molecule has 2 aromatic heterocycles. The van der Waals surface area contributed by atoms with Crippen LogP contribution >= 0.6 is 0 Å². The molecule has 0 N–H and O–H groups in total. The van der Waals surface area contributed by atoms with E-state index in [1.54, 1.807) is 0 Å². The fraction of sp³-hybridized carbons (Fsp3) is 0.305. The Morgan fingerprint density at radius 1 is 0.484 bits per heavy atom. The van der Waals surface area contributed by atoms with Crippen molar-refractivity contribution in [3.63, 3.8) is 0 Å². The Kier molecular flexibility index (Phi) is 10.6. The summed E-state index contributed by atoms with van der Waals surface area (Å²) in [5.74, 6) is 2.48. The highest BCUT2D eigenvalue weighted by atomic mass is 16.5. The molecule has 0 radical (unpaired) electrons. The predicted octanol–water partition coefficient (Wildman–Crippen LogP) is 15.9. The smallest absolute Gasteiger partial charge is 0.137 e. The van der Waals surface area contributed by atoms with Gasteiger partial charge in [0.25, 0.3) is 0 Å². The van der Waals surface area contributed by atoms with Gasteiger partial charge in [-0.2, -0.15) is 0 Å². The summed E-state index contributed by atoms with van der Waals surface area (Å²) in [5, 5.41) is 2.39. The van der Waals surface area contributed by atoms with Crippen LogP contribution in [0.5, 0.6) is 11.5 Å². The van der Waals surface area contributed by atoms with Gasteiger partial charge in [0.15, 0.2) is 0 Å². The molecule has 8 aromatic rings. The van der Waals surface area contributed by atoms with Crippen molar-refractivity contribution in [1.29, 1.82) is 0 Å². The van der Waals surface area contributed by atoms with E-state index in [9.17, 15) is 0 Å². The third kappa shape index (κ3) is 8.41. The van der Waals surface area contributed by atoms with Gasteiger partial charge in [-0.1, -0.05) is 144 Å². The lowest BCUT2D eigenvalue weighted by atomic mass is 9.83. The molecule has 0 saturated heterocycles. The average Bonchev–Trinajstić information content (AvgIpc) is 3.77. The number of fused-ring (bicyclic) bond motifs is 4. The fourth-order valence-corrected chi connectivity index (χ4v) is 9.04. The number of ether oxygens (including phenoxy) is 1. The Bertz CT molecular complexity index is 3020. The van der Waals surface area contributed by atoms with Crippen molar-refractivity contribution in [3.05, 3.63) is 174 Å². The lowest BCUT2D eigenvalue weighted by Gasteiger charge is -2.25. The monoisotopic (exact) mass is 845 g/mol. The highest BCUT2D eigenvalue weighted by Gasteiger charge is 2.28. The molecule has 6 aromatic carbocycles. The Labute approximate surface area is 381 Å². The van der Waals surface area contributed by atoms with Crippen LogP contribution in [0.15, 0.2) is 146 Å². The Morgan fingerprint density at radius 2 is 1.14 bits per heavy atom. The minimum absolute atomic E-state index is 0.0105. The van der Waals surface area contributed by atoms with E-state index in [1.165, 1.54) is 61.1 Å². The molecule has 0 aliphatic carbocycles. The molecule has 326 valence electrons. The summed E-state index contributed by atoms with van der Waals surface area (Å²) in [5.41, 5.74) is 14.9. The van der Waals surface area contributed by atoms with E-state index in [1.807, 2.05) is 6.20 Å². The van der Waals surface area contributed by atoms with Gasteiger partial charge < -0.3 is 14.5 Å². The summed E-state index contributed by atoms with van der Waals surface area (Å²) in [6.07, 6.45) is 1.94. The molecular weight excluding hydrogens is 781 g/mol. The molecule has 1 aliphatic rings. The highest BCUT2D eigenvalue weighted by molar-refractivity contribution is 6.09. The van der Waals surface area contributed by atoms with Crippen LogP contribution in [0.4, 0.5) is 17.1 Å². The minimum Gasteiger partial charge on any atom is -0.457 e. The van der Waals surface area contributed by atoms with E-state index in [4.69, 9.17) is 9.72 Å². The summed E-state index contributed by atoms with van der Waals surface area (Å²) in [7, 11) is 0. The zero-order valence-corrected chi connectivity index (χ0v) is 40.0. The predicted molar refractivity (Wildman–Crippen MR) is 271 cm³/mol. The number of pyridine rings is 1. The van der Waals surface area contributed by atoms with Gasteiger partial charge in [0.05, 0.1) is 29.1 Å². The van der Waals surface area contributed by atoms with Gasteiger partial charge in [0.1, 0.15) is 17.3 Å². The van der Waals surface area contributed by atoms with Gasteiger partial charge in [-0.05, 0) is 127 Å². The van der Waals surface area contributed by atoms with Gasteiger partial charge in [-0.15, -0.1) is 0 Å². The van der Waals surface area contributed by atoms with Crippen LogP contribution in [0.2, 0.25) is 0 Å². The van der Waals surface area contributed by atoms with Crippen LogP contribution < -0.4 is 14.5 Å². The average molecular weight is 845 g/mol. The van der Waals surface area contributed by atoms with Crippen LogP contribution in [0.3, 0.4) is 0 Å². The number of hydrogen-bond acceptors (Lipinski definition) is 4. The van der Waals surface area contributed by atoms with E-state index in [0.29, 0.717) is 0 Å². The fourth-order valence-electron chi connectivity index (χ4n) is 9.04. The number of nitrogens with zero attached hydrogens (tertiary/aromatic N) is 4. The number of para-hydroxylation sites is 2. The quantitative estimate of drug-likeness (QED) is 0.160. The first-order valence-electron chi connectivity index (χ1n) is 22.9. The van der Waals surface area contributed by atoms with E-state index in [2.05, 4.69) is 237 Å². The molecule has 0 atom stereocenters. The Morgan fingerprint density at radius 3 is 1.84 bits per heavy atom. The van der Waals surface area contributed by atoms with Crippen LogP contribution in [0, 0.1) is 0 Å². The summed E-state index contributed by atoms with van der Waals surface area (Å²) in [4.78, 5) is 9.85. The maximum Gasteiger partial charge on any atom is 0.137 e. The molecule has 0 saturated carbocycles. The van der Waals surface area contributed by atoms with E-state index in [0.717, 1.165) is 47.3 Å². The van der Waals surface area contributed by atoms with Gasteiger partial charge in [-0.25, -0.2) is 4.98 Å². The third-order valence-electron chi connectivity index (χ3n) is 13.0.